The Morgan fingerprint density at radius 3 is 2.75 bits per heavy atom. The summed E-state index contributed by atoms with van der Waals surface area (Å²) < 4.78 is 6.06. The van der Waals surface area contributed by atoms with Crippen LogP contribution < -0.4 is 0 Å². The first-order valence-corrected chi connectivity index (χ1v) is 6.75. The van der Waals surface area contributed by atoms with E-state index in [0.717, 1.165) is 0 Å². The first-order chi connectivity index (χ1) is 9.59. The summed E-state index contributed by atoms with van der Waals surface area (Å²) in [6.07, 6.45) is 1.54. The molecule has 1 N–H and O–H groups in total. The van der Waals surface area contributed by atoms with Gasteiger partial charge in [-0.3, -0.25) is 0 Å². The number of aromatic nitrogens is 1. The molecule has 0 aliphatic carbocycles. The van der Waals surface area contributed by atoms with Gasteiger partial charge in [0.2, 0.25) is 0 Å². The Labute approximate surface area is 123 Å². The minimum Gasteiger partial charge on any atom is -0.478 e. The van der Waals surface area contributed by atoms with Crippen LogP contribution >= 0.6 is 15.9 Å². The summed E-state index contributed by atoms with van der Waals surface area (Å²) in [5.41, 5.74) is 2.01. The van der Waals surface area contributed by atoms with E-state index in [1.54, 1.807) is 31.4 Å². The van der Waals surface area contributed by atoms with E-state index in [1.807, 2.05) is 12.1 Å². The third-order valence-corrected chi connectivity index (χ3v) is 3.83. The van der Waals surface area contributed by atoms with Crippen LogP contribution in [-0.2, 0) is 0 Å². The highest BCUT2D eigenvalue weighted by Gasteiger charge is 2.20. The van der Waals surface area contributed by atoms with E-state index in [9.17, 15) is 9.90 Å². The normalized spacial score (nSPS) is 10.9. The number of hydrogen-bond donors (Lipinski definition) is 1. The molecule has 3 rings (SSSR count). The number of carbonyl (C=O) groups is 1. The molecule has 0 aliphatic heterocycles. The zero-order chi connectivity index (χ0) is 14.3. The molecule has 2 heterocycles. The van der Waals surface area contributed by atoms with Crippen molar-refractivity contribution >= 4 is 32.8 Å². The molecule has 0 fully saturated rings. The molecular weight excluding hydrogens is 322 g/mol. The van der Waals surface area contributed by atoms with Gasteiger partial charge in [0, 0.05) is 9.86 Å². The van der Waals surface area contributed by atoms with Crippen molar-refractivity contribution in [3.8, 4) is 11.5 Å². The maximum atomic E-state index is 11.6. The van der Waals surface area contributed by atoms with E-state index in [2.05, 4.69) is 20.9 Å². The number of pyridine rings is 1. The van der Waals surface area contributed by atoms with Crippen molar-refractivity contribution in [1.29, 1.82) is 0 Å². The maximum absolute atomic E-state index is 11.6. The van der Waals surface area contributed by atoms with Gasteiger partial charge in [0.25, 0.3) is 0 Å². The van der Waals surface area contributed by atoms with Crippen LogP contribution in [0.4, 0.5) is 0 Å². The highest BCUT2D eigenvalue weighted by molar-refractivity contribution is 9.10. The molecule has 100 valence electrons. The van der Waals surface area contributed by atoms with Crippen molar-refractivity contribution in [2.75, 3.05) is 0 Å². The summed E-state index contributed by atoms with van der Waals surface area (Å²) in [5.74, 6) is -0.415. The van der Waals surface area contributed by atoms with Crippen molar-refractivity contribution < 1.29 is 14.3 Å². The Balaban J connectivity index is 2.47. The van der Waals surface area contributed by atoms with Gasteiger partial charge in [0.05, 0.1) is 17.3 Å². The van der Waals surface area contributed by atoms with Crippen molar-refractivity contribution in [3.05, 3.63) is 52.2 Å². The molecule has 0 spiro atoms. The smallest absolute Gasteiger partial charge is 0.336 e. The molecule has 0 atom stereocenters. The van der Waals surface area contributed by atoms with Crippen molar-refractivity contribution in [2.24, 2.45) is 0 Å². The number of rotatable bonds is 2. The molecule has 3 aromatic rings. The van der Waals surface area contributed by atoms with Crippen LogP contribution in [-0.4, -0.2) is 16.1 Å². The van der Waals surface area contributed by atoms with Gasteiger partial charge in [-0.05, 0) is 36.8 Å². The van der Waals surface area contributed by atoms with Gasteiger partial charge in [-0.1, -0.05) is 22.0 Å². The van der Waals surface area contributed by atoms with Crippen molar-refractivity contribution in [1.82, 2.24) is 4.98 Å². The third kappa shape index (κ3) is 1.91. The molecule has 0 saturated carbocycles. The second-order valence-corrected chi connectivity index (χ2v) is 5.23. The lowest BCUT2D eigenvalue weighted by atomic mass is 10.0. The molecule has 20 heavy (non-hydrogen) atoms. The highest BCUT2D eigenvalue weighted by atomic mass is 79.9. The first-order valence-electron chi connectivity index (χ1n) is 5.95. The number of benzene rings is 1. The Morgan fingerprint density at radius 2 is 2.10 bits per heavy atom. The van der Waals surface area contributed by atoms with Gasteiger partial charge < -0.3 is 9.52 Å². The summed E-state index contributed by atoms with van der Waals surface area (Å²) in [4.78, 5) is 16.2. The molecule has 2 aromatic heterocycles. The van der Waals surface area contributed by atoms with Crippen LogP contribution in [0.2, 0.25) is 0 Å². The van der Waals surface area contributed by atoms with E-state index in [0.29, 0.717) is 32.4 Å². The lowest BCUT2D eigenvalue weighted by Crippen LogP contribution is -2.05. The number of carboxylic acids is 1. The summed E-state index contributed by atoms with van der Waals surface area (Å²) in [6.45, 7) is 1.74. The van der Waals surface area contributed by atoms with Crippen LogP contribution in [0.25, 0.3) is 22.4 Å². The molecule has 0 amide bonds. The van der Waals surface area contributed by atoms with Crippen LogP contribution in [0.1, 0.15) is 15.9 Å². The number of furan rings is 1. The molecular formula is C15H10BrNO3. The second-order valence-electron chi connectivity index (χ2n) is 4.38. The van der Waals surface area contributed by atoms with E-state index in [4.69, 9.17) is 4.42 Å². The minimum absolute atomic E-state index is 0.244. The number of nitrogens with zero attached hydrogens (tertiary/aromatic N) is 1. The minimum atomic E-state index is -0.977. The summed E-state index contributed by atoms with van der Waals surface area (Å²) >= 11 is 3.40. The van der Waals surface area contributed by atoms with Crippen LogP contribution in [0, 0.1) is 6.92 Å². The van der Waals surface area contributed by atoms with Gasteiger partial charge in [0.1, 0.15) is 5.69 Å². The zero-order valence-corrected chi connectivity index (χ0v) is 12.1. The Hall–Kier alpha value is -2.14. The quantitative estimate of drug-likeness (QED) is 0.761. The maximum Gasteiger partial charge on any atom is 0.336 e. The highest BCUT2D eigenvalue weighted by Crippen LogP contribution is 2.33. The monoisotopic (exact) mass is 331 g/mol. The van der Waals surface area contributed by atoms with Gasteiger partial charge in [0.15, 0.2) is 5.76 Å². The predicted molar refractivity (Wildman–Crippen MR) is 78.8 cm³/mol. The summed E-state index contributed by atoms with van der Waals surface area (Å²) in [7, 11) is 0. The summed E-state index contributed by atoms with van der Waals surface area (Å²) in [5, 5.41) is 10.1. The number of hydrogen-bond acceptors (Lipinski definition) is 3. The topological polar surface area (TPSA) is 63.3 Å². The zero-order valence-electron chi connectivity index (χ0n) is 10.6. The SMILES string of the molecule is Cc1c(-c2ccco2)nc2cccc(Br)c2c1C(=O)O. The fourth-order valence-electron chi connectivity index (χ4n) is 2.28. The molecule has 0 unspecified atom stereocenters. The Bertz CT molecular complexity index is 810. The molecule has 1 aromatic carbocycles. The number of fused-ring (bicyclic) bond motifs is 1. The van der Waals surface area contributed by atoms with E-state index in [1.165, 1.54) is 0 Å². The lowest BCUT2D eigenvalue weighted by Gasteiger charge is -2.11. The van der Waals surface area contributed by atoms with Crippen LogP contribution in [0.15, 0.2) is 45.5 Å². The van der Waals surface area contributed by atoms with Gasteiger partial charge in [-0.2, -0.15) is 0 Å². The van der Waals surface area contributed by atoms with E-state index < -0.39 is 5.97 Å². The first kappa shape index (κ1) is 12.9. The largest absolute Gasteiger partial charge is 0.478 e. The van der Waals surface area contributed by atoms with Gasteiger partial charge in [-0.15, -0.1) is 0 Å². The molecule has 5 heteroatoms. The van der Waals surface area contributed by atoms with E-state index in [-0.39, 0.29) is 5.56 Å². The fourth-order valence-corrected chi connectivity index (χ4v) is 2.84. The van der Waals surface area contributed by atoms with Crippen LogP contribution in [0.3, 0.4) is 0 Å². The average molecular weight is 332 g/mol. The number of halogens is 1. The second kappa shape index (κ2) is 4.76. The van der Waals surface area contributed by atoms with E-state index >= 15 is 0 Å². The van der Waals surface area contributed by atoms with Crippen LogP contribution in [0.5, 0.6) is 0 Å². The number of aromatic carboxylic acids is 1. The predicted octanol–water partition coefficient (Wildman–Crippen LogP) is 4.26. The number of carboxylic acid groups (broad SMARTS) is 1. The van der Waals surface area contributed by atoms with Crippen molar-refractivity contribution in [2.45, 2.75) is 6.92 Å². The van der Waals surface area contributed by atoms with Crippen molar-refractivity contribution in [3.63, 3.8) is 0 Å². The standard InChI is InChI=1S/C15H10BrNO3/c1-8-12(15(18)19)13-9(16)4-2-5-10(13)17-14(8)11-6-3-7-20-11/h2-7H,1H3,(H,18,19). The Morgan fingerprint density at radius 1 is 1.30 bits per heavy atom. The molecule has 0 bridgehead atoms. The lowest BCUT2D eigenvalue weighted by molar-refractivity contribution is 0.0698. The fraction of sp³-hybridized carbons (Fsp3) is 0.0667. The Kier molecular flexibility index (Phi) is 3.06. The molecule has 0 aliphatic rings. The van der Waals surface area contributed by atoms with Gasteiger partial charge in [-0.25, -0.2) is 9.78 Å². The van der Waals surface area contributed by atoms with Gasteiger partial charge >= 0.3 is 5.97 Å². The molecule has 0 saturated heterocycles. The summed E-state index contributed by atoms with van der Waals surface area (Å²) in [6, 6.07) is 8.94. The average Bonchev–Trinajstić information content (AvgIpc) is 2.92. The third-order valence-electron chi connectivity index (χ3n) is 3.17. The molecule has 0 radical (unpaired) electrons. The molecule has 4 nitrogen and oxygen atoms in total.